The lowest BCUT2D eigenvalue weighted by Crippen LogP contribution is -1.92. The minimum Gasteiger partial charge on any atom is -0.306 e. The van der Waals surface area contributed by atoms with Gasteiger partial charge in [0.25, 0.3) is 0 Å². The van der Waals surface area contributed by atoms with Crippen molar-refractivity contribution >= 4 is 5.69 Å². The van der Waals surface area contributed by atoms with Gasteiger partial charge in [0.2, 0.25) is 0 Å². The average molecular weight is 175 g/mol. The Hall–Kier alpha value is -1.81. The summed E-state index contributed by atoms with van der Waals surface area (Å²) in [5.74, 6) is 0. The van der Waals surface area contributed by atoms with Gasteiger partial charge in [0.05, 0.1) is 12.0 Å². The smallest absolute Gasteiger partial charge is 0.0991 e. The van der Waals surface area contributed by atoms with Crippen molar-refractivity contribution in [3.63, 3.8) is 0 Å². The number of nitrogens with zero attached hydrogens (tertiary/aromatic N) is 2. The summed E-state index contributed by atoms with van der Waals surface area (Å²) in [5.41, 5.74) is 3.76. The van der Waals surface area contributed by atoms with Crippen molar-refractivity contribution in [2.75, 3.05) is 5.48 Å². The van der Waals surface area contributed by atoms with E-state index < -0.39 is 0 Å². The van der Waals surface area contributed by atoms with E-state index in [0.29, 0.717) is 5.69 Å². The van der Waals surface area contributed by atoms with Crippen LogP contribution in [0.3, 0.4) is 0 Å². The van der Waals surface area contributed by atoms with Crippen LogP contribution in [0, 0.1) is 0 Å². The van der Waals surface area contributed by atoms with Crippen molar-refractivity contribution in [1.29, 1.82) is 0 Å². The topological polar surface area (TPSA) is 50.1 Å². The fraction of sp³-hybridized carbons (Fsp3) is 0. The lowest BCUT2D eigenvalue weighted by molar-refractivity contribution is 0.389. The third kappa shape index (κ3) is 1.52. The van der Waals surface area contributed by atoms with Gasteiger partial charge in [-0.05, 0) is 24.3 Å². The number of benzene rings is 1. The summed E-state index contributed by atoms with van der Waals surface area (Å²) < 4.78 is 1.89. The molecule has 0 saturated carbocycles. The van der Waals surface area contributed by atoms with Gasteiger partial charge in [-0.1, -0.05) is 0 Å². The summed E-state index contributed by atoms with van der Waals surface area (Å²) in [5, 5.41) is 8.59. The van der Waals surface area contributed by atoms with Crippen LogP contribution < -0.4 is 5.48 Å². The fourth-order valence-corrected chi connectivity index (χ4v) is 1.12. The van der Waals surface area contributed by atoms with Crippen LogP contribution in [0.25, 0.3) is 5.69 Å². The SMILES string of the molecule is ONc1ccc(-n2ccnc2)cc1. The highest BCUT2D eigenvalue weighted by Crippen LogP contribution is 2.11. The molecule has 2 rings (SSSR count). The molecule has 0 radical (unpaired) electrons. The normalized spacial score (nSPS) is 9.92. The zero-order valence-electron chi connectivity index (χ0n) is 6.88. The van der Waals surface area contributed by atoms with Gasteiger partial charge in [-0.15, -0.1) is 0 Å². The summed E-state index contributed by atoms with van der Waals surface area (Å²) >= 11 is 0. The first-order chi connectivity index (χ1) is 6.40. The Morgan fingerprint density at radius 1 is 1.23 bits per heavy atom. The second-order valence-corrected chi connectivity index (χ2v) is 2.63. The van der Waals surface area contributed by atoms with Gasteiger partial charge in [-0.25, -0.2) is 4.98 Å². The quantitative estimate of drug-likeness (QED) is 0.682. The molecule has 0 saturated heterocycles. The Bertz CT molecular complexity index is 366. The number of aromatic nitrogens is 2. The predicted octanol–water partition coefficient (Wildman–Crippen LogP) is 1.67. The third-order valence-corrected chi connectivity index (χ3v) is 1.80. The predicted molar refractivity (Wildman–Crippen MR) is 49.0 cm³/mol. The molecule has 66 valence electrons. The summed E-state index contributed by atoms with van der Waals surface area (Å²) in [6.45, 7) is 0. The second-order valence-electron chi connectivity index (χ2n) is 2.63. The maximum atomic E-state index is 8.59. The first-order valence-corrected chi connectivity index (χ1v) is 3.88. The minimum absolute atomic E-state index is 0.670. The van der Waals surface area contributed by atoms with Crippen molar-refractivity contribution < 1.29 is 5.21 Å². The summed E-state index contributed by atoms with van der Waals surface area (Å²) in [6.07, 6.45) is 5.31. The van der Waals surface area contributed by atoms with Gasteiger partial charge in [-0.3, -0.25) is 10.7 Å². The molecule has 0 aliphatic rings. The number of rotatable bonds is 2. The zero-order chi connectivity index (χ0) is 9.10. The van der Waals surface area contributed by atoms with E-state index in [1.165, 1.54) is 0 Å². The molecule has 0 atom stereocenters. The molecule has 0 fully saturated rings. The first kappa shape index (κ1) is 7.82. The molecule has 0 amide bonds. The van der Waals surface area contributed by atoms with Gasteiger partial charge in [0.15, 0.2) is 0 Å². The zero-order valence-corrected chi connectivity index (χ0v) is 6.88. The van der Waals surface area contributed by atoms with Gasteiger partial charge in [0, 0.05) is 18.1 Å². The Morgan fingerprint density at radius 3 is 2.54 bits per heavy atom. The molecule has 0 bridgehead atoms. The van der Waals surface area contributed by atoms with E-state index in [1.807, 2.05) is 22.9 Å². The molecule has 0 aliphatic heterocycles. The van der Waals surface area contributed by atoms with Crippen LogP contribution in [0.1, 0.15) is 0 Å². The molecule has 1 aromatic heterocycles. The van der Waals surface area contributed by atoms with Crippen molar-refractivity contribution in [3.05, 3.63) is 43.0 Å². The Labute approximate surface area is 75.4 Å². The maximum Gasteiger partial charge on any atom is 0.0991 e. The average Bonchev–Trinajstić information content (AvgIpc) is 2.71. The van der Waals surface area contributed by atoms with Gasteiger partial charge in [-0.2, -0.15) is 0 Å². The van der Waals surface area contributed by atoms with E-state index in [4.69, 9.17) is 5.21 Å². The lowest BCUT2D eigenvalue weighted by atomic mass is 10.3. The Morgan fingerprint density at radius 2 is 2.00 bits per heavy atom. The highest BCUT2D eigenvalue weighted by Gasteiger charge is 1.94. The van der Waals surface area contributed by atoms with E-state index >= 15 is 0 Å². The molecule has 4 nitrogen and oxygen atoms in total. The van der Waals surface area contributed by atoms with Gasteiger partial charge < -0.3 is 4.57 Å². The van der Waals surface area contributed by atoms with E-state index in [9.17, 15) is 0 Å². The molecule has 1 heterocycles. The number of imidazole rings is 1. The van der Waals surface area contributed by atoms with Crippen molar-refractivity contribution in [3.8, 4) is 5.69 Å². The largest absolute Gasteiger partial charge is 0.306 e. The number of anilines is 1. The second kappa shape index (κ2) is 3.28. The highest BCUT2D eigenvalue weighted by molar-refractivity contribution is 5.46. The van der Waals surface area contributed by atoms with Crippen LogP contribution in [0.2, 0.25) is 0 Å². The van der Waals surface area contributed by atoms with Gasteiger partial charge >= 0.3 is 0 Å². The first-order valence-electron chi connectivity index (χ1n) is 3.88. The molecule has 13 heavy (non-hydrogen) atoms. The molecule has 2 N–H and O–H groups in total. The van der Waals surface area contributed by atoms with Crippen molar-refractivity contribution in [2.45, 2.75) is 0 Å². The molecule has 4 heteroatoms. The molecule has 2 aromatic rings. The standard InChI is InChI=1S/C9H9N3O/c13-11-8-1-3-9(4-2-8)12-6-5-10-7-12/h1-7,11,13H. The molecule has 0 spiro atoms. The molecule has 1 aromatic carbocycles. The molecular formula is C9H9N3O. The molecule has 0 aliphatic carbocycles. The maximum absolute atomic E-state index is 8.59. The number of hydrogen-bond donors (Lipinski definition) is 2. The Kier molecular flexibility index (Phi) is 1.97. The minimum atomic E-state index is 0.670. The third-order valence-electron chi connectivity index (χ3n) is 1.80. The fourth-order valence-electron chi connectivity index (χ4n) is 1.12. The summed E-state index contributed by atoms with van der Waals surface area (Å²) in [6, 6.07) is 7.35. The molecule has 0 unspecified atom stereocenters. The van der Waals surface area contributed by atoms with Crippen LogP contribution in [0.5, 0.6) is 0 Å². The van der Waals surface area contributed by atoms with E-state index in [2.05, 4.69) is 10.5 Å². The van der Waals surface area contributed by atoms with Crippen LogP contribution in [0.15, 0.2) is 43.0 Å². The number of hydrogen-bond acceptors (Lipinski definition) is 3. The van der Waals surface area contributed by atoms with E-state index in [0.717, 1.165) is 5.69 Å². The number of nitrogens with one attached hydrogen (secondary N) is 1. The van der Waals surface area contributed by atoms with Gasteiger partial charge in [0.1, 0.15) is 0 Å². The monoisotopic (exact) mass is 175 g/mol. The summed E-state index contributed by atoms with van der Waals surface area (Å²) in [7, 11) is 0. The Balaban J connectivity index is 2.33. The van der Waals surface area contributed by atoms with E-state index in [1.54, 1.807) is 24.7 Å². The van der Waals surface area contributed by atoms with Crippen molar-refractivity contribution in [1.82, 2.24) is 9.55 Å². The van der Waals surface area contributed by atoms with Crippen LogP contribution in [0.4, 0.5) is 5.69 Å². The van der Waals surface area contributed by atoms with E-state index in [-0.39, 0.29) is 0 Å². The van der Waals surface area contributed by atoms with Crippen LogP contribution in [-0.2, 0) is 0 Å². The highest BCUT2D eigenvalue weighted by atomic mass is 16.5. The van der Waals surface area contributed by atoms with Crippen LogP contribution in [-0.4, -0.2) is 14.8 Å². The van der Waals surface area contributed by atoms with Crippen LogP contribution >= 0.6 is 0 Å². The summed E-state index contributed by atoms with van der Waals surface area (Å²) in [4.78, 5) is 3.94. The lowest BCUT2D eigenvalue weighted by Gasteiger charge is -2.02. The van der Waals surface area contributed by atoms with Crippen molar-refractivity contribution in [2.24, 2.45) is 0 Å². The molecular weight excluding hydrogens is 166 g/mol.